The van der Waals surface area contributed by atoms with Crippen molar-refractivity contribution in [3.63, 3.8) is 0 Å². The molecule has 0 aromatic carbocycles. The fourth-order valence-corrected chi connectivity index (χ4v) is 1.88. The third kappa shape index (κ3) is 7.12. The second kappa shape index (κ2) is 6.86. The Morgan fingerprint density at radius 2 is 2.21 bits per heavy atom. The highest BCUT2D eigenvalue weighted by Gasteiger charge is 2.16. The standard InChI is InChI=1S/C13H20BrN3O2/c1-13(2,3)19-12(18)17-8-11(15)5-9-4-10(14)7-16-6-9/h4,6-7,11H,5,8,15H2,1-3H3,(H,17,18). The number of hydrogen-bond acceptors (Lipinski definition) is 4. The lowest BCUT2D eigenvalue weighted by Crippen LogP contribution is -2.41. The zero-order valence-corrected chi connectivity index (χ0v) is 13.0. The van der Waals surface area contributed by atoms with Gasteiger partial charge in [-0.3, -0.25) is 4.98 Å². The SMILES string of the molecule is CC(C)(C)OC(=O)NCC(N)Cc1cncc(Br)c1. The summed E-state index contributed by atoms with van der Waals surface area (Å²) in [6.07, 6.45) is 3.67. The fraction of sp³-hybridized carbons (Fsp3) is 0.538. The van der Waals surface area contributed by atoms with Gasteiger partial charge in [0.05, 0.1) is 0 Å². The van der Waals surface area contributed by atoms with Crippen molar-refractivity contribution < 1.29 is 9.53 Å². The molecule has 1 aromatic heterocycles. The van der Waals surface area contributed by atoms with E-state index in [1.807, 2.05) is 26.8 Å². The highest BCUT2D eigenvalue weighted by atomic mass is 79.9. The van der Waals surface area contributed by atoms with Crippen LogP contribution < -0.4 is 11.1 Å². The molecule has 5 nitrogen and oxygen atoms in total. The number of pyridine rings is 1. The van der Waals surface area contributed by atoms with Gasteiger partial charge in [-0.15, -0.1) is 0 Å². The van der Waals surface area contributed by atoms with Crippen LogP contribution >= 0.6 is 15.9 Å². The monoisotopic (exact) mass is 329 g/mol. The largest absolute Gasteiger partial charge is 0.444 e. The molecule has 1 atom stereocenters. The number of nitrogens with one attached hydrogen (secondary N) is 1. The maximum atomic E-state index is 11.5. The molecule has 0 fully saturated rings. The van der Waals surface area contributed by atoms with E-state index in [0.29, 0.717) is 13.0 Å². The van der Waals surface area contributed by atoms with Gasteiger partial charge in [0.1, 0.15) is 5.60 Å². The average Bonchev–Trinajstić information content (AvgIpc) is 2.24. The molecule has 0 aliphatic heterocycles. The van der Waals surface area contributed by atoms with Crippen LogP contribution in [-0.4, -0.2) is 29.3 Å². The maximum Gasteiger partial charge on any atom is 0.407 e. The van der Waals surface area contributed by atoms with Gasteiger partial charge < -0.3 is 15.8 Å². The van der Waals surface area contributed by atoms with E-state index in [-0.39, 0.29) is 6.04 Å². The third-order valence-electron chi connectivity index (χ3n) is 2.17. The molecule has 3 N–H and O–H groups in total. The molecule has 1 heterocycles. The van der Waals surface area contributed by atoms with Crippen LogP contribution in [0.5, 0.6) is 0 Å². The summed E-state index contributed by atoms with van der Waals surface area (Å²) in [5, 5.41) is 2.66. The Balaban J connectivity index is 2.36. The number of ether oxygens (including phenoxy) is 1. The van der Waals surface area contributed by atoms with Gasteiger partial charge in [0.15, 0.2) is 0 Å². The Hall–Kier alpha value is -1.14. The minimum Gasteiger partial charge on any atom is -0.444 e. The van der Waals surface area contributed by atoms with Crippen molar-refractivity contribution in [3.8, 4) is 0 Å². The fourth-order valence-electron chi connectivity index (χ4n) is 1.47. The Morgan fingerprint density at radius 1 is 1.53 bits per heavy atom. The third-order valence-corrected chi connectivity index (χ3v) is 2.60. The highest BCUT2D eigenvalue weighted by Crippen LogP contribution is 2.11. The number of carbonyl (C=O) groups is 1. The van der Waals surface area contributed by atoms with E-state index in [4.69, 9.17) is 10.5 Å². The van der Waals surface area contributed by atoms with Crippen molar-refractivity contribution in [2.45, 2.75) is 38.8 Å². The summed E-state index contributed by atoms with van der Waals surface area (Å²) in [5.41, 5.74) is 6.48. The molecular formula is C13H20BrN3O2. The predicted octanol–water partition coefficient (Wildman–Crippen LogP) is 2.24. The van der Waals surface area contributed by atoms with Crippen LogP contribution in [0.3, 0.4) is 0 Å². The predicted molar refractivity (Wildman–Crippen MR) is 77.9 cm³/mol. The second-order valence-electron chi connectivity index (χ2n) is 5.36. The number of halogens is 1. The van der Waals surface area contributed by atoms with Gasteiger partial charge in [-0.2, -0.15) is 0 Å². The lowest BCUT2D eigenvalue weighted by atomic mass is 10.1. The zero-order valence-electron chi connectivity index (χ0n) is 11.4. The van der Waals surface area contributed by atoms with Crippen molar-refractivity contribution in [1.29, 1.82) is 0 Å². The van der Waals surface area contributed by atoms with Crippen LogP contribution in [0.4, 0.5) is 4.79 Å². The van der Waals surface area contributed by atoms with Gasteiger partial charge >= 0.3 is 6.09 Å². The maximum absolute atomic E-state index is 11.5. The molecule has 1 amide bonds. The number of aromatic nitrogens is 1. The Kier molecular flexibility index (Phi) is 5.75. The Bertz CT molecular complexity index is 432. The molecule has 19 heavy (non-hydrogen) atoms. The van der Waals surface area contributed by atoms with Crippen LogP contribution in [0.1, 0.15) is 26.3 Å². The van der Waals surface area contributed by atoms with Crippen molar-refractivity contribution in [1.82, 2.24) is 10.3 Å². The van der Waals surface area contributed by atoms with Gasteiger partial charge in [0.2, 0.25) is 0 Å². The van der Waals surface area contributed by atoms with Crippen LogP contribution in [-0.2, 0) is 11.2 Å². The summed E-state index contributed by atoms with van der Waals surface area (Å²) >= 11 is 3.35. The van der Waals surface area contributed by atoms with E-state index in [2.05, 4.69) is 26.2 Å². The first kappa shape index (κ1) is 15.9. The summed E-state index contributed by atoms with van der Waals surface area (Å²) in [5.74, 6) is 0. The second-order valence-corrected chi connectivity index (χ2v) is 6.27. The molecule has 1 unspecified atom stereocenters. The number of rotatable bonds is 4. The molecular weight excluding hydrogens is 310 g/mol. The minimum absolute atomic E-state index is 0.177. The van der Waals surface area contributed by atoms with E-state index >= 15 is 0 Å². The van der Waals surface area contributed by atoms with Crippen molar-refractivity contribution in [2.75, 3.05) is 6.54 Å². The first-order valence-electron chi connectivity index (χ1n) is 6.08. The number of alkyl carbamates (subject to hydrolysis) is 1. The topological polar surface area (TPSA) is 77.2 Å². The molecule has 6 heteroatoms. The summed E-state index contributed by atoms with van der Waals surface area (Å²) in [6.45, 7) is 5.82. The van der Waals surface area contributed by atoms with Gasteiger partial charge in [0, 0.05) is 29.5 Å². The van der Waals surface area contributed by atoms with Crippen molar-refractivity contribution in [2.24, 2.45) is 5.73 Å². The quantitative estimate of drug-likeness (QED) is 0.888. The van der Waals surface area contributed by atoms with E-state index in [1.165, 1.54) is 0 Å². The van der Waals surface area contributed by atoms with Gasteiger partial charge in [-0.05, 0) is 54.8 Å². The minimum atomic E-state index is -0.498. The van der Waals surface area contributed by atoms with Crippen LogP contribution in [0, 0.1) is 0 Å². The Labute approximate surface area is 122 Å². The van der Waals surface area contributed by atoms with E-state index < -0.39 is 11.7 Å². The summed E-state index contributed by atoms with van der Waals surface area (Å²) in [4.78, 5) is 15.5. The molecule has 0 saturated carbocycles. The number of nitrogens with two attached hydrogens (primary N) is 1. The van der Waals surface area contributed by atoms with Crippen molar-refractivity contribution in [3.05, 3.63) is 28.5 Å². The van der Waals surface area contributed by atoms with Crippen LogP contribution in [0.2, 0.25) is 0 Å². The highest BCUT2D eigenvalue weighted by molar-refractivity contribution is 9.10. The first-order chi connectivity index (χ1) is 8.76. The Morgan fingerprint density at radius 3 is 2.79 bits per heavy atom. The molecule has 0 bridgehead atoms. The molecule has 1 rings (SSSR count). The zero-order chi connectivity index (χ0) is 14.5. The number of nitrogens with zero attached hydrogens (tertiary/aromatic N) is 1. The molecule has 0 spiro atoms. The van der Waals surface area contributed by atoms with Crippen LogP contribution in [0.15, 0.2) is 22.9 Å². The lowest BCUT2D eigenvalue weighted by Gasteiger charge is -2.20. The molecule has 0 saturated heterocycles. The van der Waals surface area contributed by atoms with Gasteiger partial charge in [-0.1, -0.05) is 0 Å². The average molecular weight is 330 g/mol. The summed E-state index contributed by atoms with van der Waals surface area (Å²) in [6, 6.07) is 1.78. The molecule has 0 aliphatic carbocycles. The molecule has 1 aromatic rings. The summed E-state index contributed by atoms with van der Waals surface area (Å²) in [7, 11) is 0. The lowest BCUT2D eigenvalue weighted by molar-refractivity contribution is 0.0524. The number of carbonyl (C=O) groups excluding carboxylic acids is 1. The molecule has 0 radical (unpaired) electrons. The van der Waals surface area contributed by atoms with E-state index in [9.17, 15) is 4.79 Å². The normalized spacial score (nSPS) is 12.9. The number of hydrogen-bond donors (Lipinski definition) is 2. The van der Waals surface area contributed by atoms with E-state index in [1.54, 1.807) is 12.4 Å². The van der Waals surface area contributed by atoms with Crippen LogP contribution in [0.25, 0.3) is 0 Å². The number of amides is 1. The smallest absolute Gasteiger partial charge is 0.407 e. The van der Waals surface area contributed by atoms with E-state index in [0.717, 1.165) is 10.0 Å². The van der Waals surface area contributed by atoms with Crippen molar-refractivity contribution >= 4 is 22.0 Å². The van der Waals surface area contributed by atoms with Gasteiger partial charge in [-0.25, -0.2) is 4.79 Å². The first-order valence-corrected chi connectivity index (χ1v) is 6.87. The molecule has 106 valence electrons. The summed E-state index contributed by atoms with van der Waals surface area (Å²) < 4.78 is 6.05. The molecule has 0 aliphatic rings. The van der Waals surface area contributed by atoms with Gasteiger partial charge in [0.25, 0.3) is 0 Å².